The van der Waals surface area contributed by atoms with Gasteiger partial charge in [0.05, 0.1) is 85.9 Å². The van der Waals surface area contributed by atoms with Crippen LogP contribution in [-0.2, 0) is 33.2 Å². The van der Waals surface area contributed by atoms with Crippen molar-refractivity contribution in [3.8, 4) is 0 Å². The second-order valence-corrected chi connectivity index (χ2v) is 6.10. The van der Waals surface area contributed by atoms with Gasteiger partial charge in [0.2, 0.25) is 0 Å². The average Bonchev–Trinajstić information content (AvgIpc) is 2.71. The minimum absolute atomic E-state index is 0.553. The third kappa shape index (κ3) is 25.5. The van der Waals surface area contributed by atoms with Gasteiger partial charge >= 0.3 is 0 Å². The highest BCUT2D eigenvalue weighted by atomic mass is 16.6. The van der Waals surface area contributed by atoms with Gasteiger partial charge in [0.1, 0.15) is 0 Å². The Bertz CT molecular complexity index is 290. The van der Waals surface area contributed by atoms with E-state index in [4.69, 9.17) is 33.2 Å². The van der Waals surface area contributed by atoms with Crippen molar-refractivity contribution >= 4 is 0 Å². The van der Waals surface area contributed by atoms with Crippen LogP contribution in [0.4, 0.5) is 0 Å². The fourth-order valence-electron chi connectivity index (χ4n) is 2.12. The molecule has 0 spiro atoms. The molecule has 0 fully saturated rings. The second-order valence-electron chi connectivity index (χ2n) is 6.10. The first-order valence-corrected chi connectivity index (χ1v) is 10.6. The Balaban J connectivity index is 2.97. The lowest BCUT2D eigenvalue weighted by molar-refractivity contribution is -0.0198. The topological polar surface area (TPSA) is 64.6 Å². The van der Waals surface area contributed by atoms with Crippen molar-refractivity contribution in [2.24, 2.45) is 0 Å². The lowest BCUT2D eigenvalue weighted by Crippen LogP contribution is -2.14. The molecular weight excluding hydrogens is 364 g/mol. The maximum atomic E-state index is 5.50. The first-order valence-electron chi connectivity index (χ1n) is 10.6. The smallest absolute Gasteiger partial charge is 0.0704 e. The minimum Gasteiger partial charge on any atom is -0.379 e. The molecule has 0 aliphatic rings. The summed E-state index contributed by atoms with van der Waals surface area (Å²) in [7, 11) is 0. The Hall–Kier alpha value is -0.540. The molecule has 0 saturated heterocycles. The van der Waals surface area contributed by atoms with E-state index in [2.05, 4.69) is 13.5 Å². The van der Waals surface area contributed by atoms with Gasteiger partial charge in [-0.3, -0.25) is 0 Å². The Labute approximate surface area is 171 Å². The molecule has 7 heteroatoms. The van der Waals surface area contributed by atoms with Crippen LogP contribution in [0.1, 0.15) is 32.6 Å². The van der Waals surface area contributed by atoms with Crippen molar-refractivity contribution in [1.29, 1.82) is 0 Å². The summed E-state index contributed by atoms with van der Waals surface area (Å²) in [6, 6.07) is 0. The molecule has 0 aromatic carbocycles. The van der Waals surface area contributed by atoms with E-state index in [9.17, 15) is 0 Å². The summed E-state index contributed by atoms with van der Waals surface area (Å²) in [6.45, 7) is 14.1. The number of unbranched alkanes of at least 4 members (excludes halogenated alkanes) is 3. The van der Waals surface area contributed by atoms with Crippen LogP contribution >= 0.6 is 0 Å². The largest absolute Gasteiger partial charge is 0.379 e. The van der Waals surface area contributed by atoms with Gasteiger partial charge in [0, 0.05) is 6.61 Å². The Morgan fingerprint density at radius 1 is 0.464 bits per heavy atom. The summed E-state index contributed by atoms with van der Waals surface area (Å²) < 4.78 is 37.8. The van der Waals surface area contributed by atoms with Crippen molar-refractivity contribution in [1.82, 2.24) is 0 Å². The van der Waals surface area contributed by atoms with Crippen LogP contribution in [0.15, 0.2) is 12.7 Å². The Kier molecular flexibility index (Phi) is 25.9. The van der Waals surface area contributed by atoms with Crippen molar-refractivity contribution in [2.45, 2.75) is 32.6 Å². The van der Waals surface area contributed by atoms with Crippen LogP contribution in [0.3, 0.4) is 0 Å². The highest BCUT2D eigenvalue weighted by molar-refractivity contribution is 4.63. The summed E-state index contributed by atoms with van der Waals surface area (Å²) in [6.07, 6.45) is 6.65. The van der Waals surface area contributed by atoms with E-state index >= 15 is 0 Å². The predicted molar refractivity (Wildman–Crippen MR) is 110 cm³/mol. The maximum Gasteiger partial charge on any atom is 0.0704 e. The van der Waals surface area contributed by atoms with Gasteiger partial charge in [-0.1, -0.05) is 32.3 Å². The molecule has 0 amide bonds. The molecule has 168 valence electrons. The third-order valence-corrected chi connectivity index (χ3v) is 3.61. The molecule has 0 aromatic heterocycles. The summed E-state index contributed by atoms with van der Waals surface area (Å²) >= 11 is 0. The quantitative estimate of drug-likeness (QED) is 0.171. The number of rotatable bonds is 25. The number of hydrogen-bond acceptors (Lipinski definition) is 7. The van der Waals surface area contributed by atoms with Crippen LogP contribution in [0.25, 0.3) is 0 Å². The number of ether oxygens (including phenoxy) is 7. The fraction of sp³-hybridized carbons (Fsp3) is 0.905. The van der Waals surface area contributed by atoms with Crippen molar-refractivity contribution < 1.29 is 33.2 Å². The van der Waals surface area contributed by atoms with Crippen LogP contribution < -0.4 is 0 Å². The van der Waals surface area contributed by atoms with Gasteiger partial charge in [-0.05, 0) is 6.42 Å². The molecule has 0 heterocycles. The summed E-state index contributed by atoms with van der Waals surface area (Å²) in [4.78, 5) is 0. The van der Waals surface area contributed by atoms with Crippen LogP contribution in [0.5, 0.6) is 0 Å². The first kappa shape index (κ1) is 27.5. The molecule has 0 saturated carbocycles. The van der Waals surface area contributed by atoms with Gasteiger partial charge < -0.3 is 33.2 Å². The van der Waals surface area contributed by atoms with Crippen molar-refractivity contribution in [2.75, 3.05) is 92.5 Å². The molecule has 0 aliphatic heterocycles. The van der Waals surface area contributed by atoms with Crippen molar-refractivity contribution in [3.63, 3.8) is 0 Å². The highest BCUT2D eigenvalue weighted by Gasteiger charge is 1.94. The normalized spacial score (nSPS) is 11.2. The number of hydrogen-bond donors (Lipinski definition) is 0. The van der Waals surface area contributed by atoms with E-state index in [1.807, 2.05) is 0 Å². The molecule has 0 aromatic rings. The van der Waals surface area contributed by atoms with Gasteiger partial charge in [-0.25, -0.2) is 0 Å². The summed E-state index contributed by atoms with van der Waals surface area (Å²) in [5.74, 6) is 0. The molecule has 0 rings (SSSR count). The van der Waals surface area contributed by atoms with E-state index < -0.39 is 0 Å². The zero-order valence-corrected chi connectivity index (χ0v) is 17.9. The molecule has 28 heavy (non-hydrogen) atoms. The van der Waals surface area contributed by atoms with Gasteiger partial charge in [-0.15, -0.1) is 6.58 Å². The van der Waals surface area contributed by atoms with Crippen molar-refractivity contribution in [3.05, 3.63) is 12.7 Å². The van der Waals surface area contributed by atoms with Crippen LogP contribution in [-0.4, -0.2) is 92.5 Å². The Morgan fingerprint density at radius 3 is 1.18 bits per heavy atom. The van der Waals surface area contributed by atoms with Crippen LogP contribution in [0.2, 0.25) is 0 Å². The van der Waals surface area contributed by atoms with E-state index in [-0.39, 0.29) is 0 Å². The molecule has 0 aliphatic carbocycles. The fourth-order valence-corrected chi connectivity index (χ4v) is 2.12. The minimum atomic E-state index is 0.553. The van der Waals surface area contributed by atoms with Gasteiger partial charge in [0.15, 0.2) is 0 Å². The predicted octanol–water partition coefficient (Wildman–Crippen LogP) is 2.87. The molecular formula is C21H42O7. The van der Waals surface area contributed by atoms with E-state index in [1.165, 1.54) is 19.3 Å². The van der Waals surface area contributed by atoms with Crippen LogP contribution in [0, 0.1) is 0 Å². The summed E-state index contributed by atoms with van der Waals surface area (Å²) in [5, 5.41) is 0. The highest BCUT2D eigenvalue weighted by Crippen LogP contribution is 1.98. The third-order valence-electron chi connectivity index (χ3n) is 3.61. The van der Waals surface area contributed by atoms with Gasteiger partial charge in [0.25, 0.3) is 0 Å². The molecule has 0 unspecified atom stereocenters. The van der Waals surface area contributed by atoms with E-state index in [0.717, 1.165) is 13.0 Å². The lowest BCUT2D eigenvalue weighted by Gasteiger charge is -2.08. The maximum absolute atomic E-state index is 5.50. The molecule has 0 atom stereocenters. The molecule has 0 radical (unpaired) electrons. The molecule has 7 nitrogen and oxygen atoms in total. The first-order chi connectivity index (χ1) is 13.9. The molecule has 0 N–H and O–H groups in total. The Morgan fingerprint density at radius 2 is 0.821 bits per heavy atom. The molecule has 0 bridgehead atoms. The van der Waals surface area contributed by atoms with E-state index in [0.29, 0.717) is 85.9 Å². The van der Waals surface area contributed by atoms with E-state index in [1.54, 1.807) is 6.08 Å². The summed E-state index contributed by atoms with van der Waals surface area (Å²) in [5.41, 5.74) is 0. The average molecular weight is 407 g/mol. The van der Waals surface area contributed by atoms with Gasteiger partial charge in [-0.2, -0.15) is 0 Å². The standard InChI is InChI=1S/C21H42O7/c1-3-5-6-7-9-23-11-13-25-15-17-27-19-21-28-20-18-26-16-14-24-12-10-22-8-4-2/h4H,2-3,5-21H2,1H3. The second kappa shape index (κ2) is 26.5. The lowest BCUT2D eigenvalue weighted by atomic mass is 10.2. The zero-order valence-electron chi connectivity index (χ0n) is 17.9. The SMILES string of the molecule is C=CCOCCOCCOCCOCCOCCOCCOCCCCCC. The zero-order chi connectivity index (χ0) is 20.4. The monoisotopic (exact) mass is 406 g/mol.